The molecule has 0 saturated carbocycles. The zero-order chi connectivity index (χ0) is 18.3. The molecule has 1 aliphatic carbocycles. The predicted octanol–water partition coefficient (Wildman–Crippen LogP) is 3.26. The van der Waals surface area contributed by atoms with Crippen LogP contribution in [0.15, 0.2) is 23.3 Å². The lowest BCUT2D eigenvalue weighted by Gasteiger charge is -2.00. The number of halogens is 1. The van der Waals surface area contributed by atoms with E-state index in [0.717, 1.165) is 30.5 Å². The second kappa shape index (κ2) is 6.46. The summed E-state index contributed by atoms with van der Waals surface area (Å²) in [6.45, 7) is 0. The Hall–Kier alpha value is -2.85. The highest BCUT2D eigenvalue weighted by Crippen LogP contribution is 2.29. The normalized spacial score (nSPS) is 13.4. The minimum atomic E-state index is -0.540. The van der Waals surface area contributed by atoms with Crippen molar-refractivity contribution in [2.24, 2.45) is 5.10 Å². The summed E-state index contributed by atoms with van der Waals surface area (Å²) in [5.74, 6) is 0.495. The Morgan fingerprint density at radius 2 is 2.19 bits per heavy atom. The van der Waals surface area contributed by atoms with Gasteiger partial charge in [0.2, 0.25) is 10.6 Å². The van der Waals surface area contributed by atoms with Crippen LogP contribution in [0.2, 0.25) is 5.02 Å². The first kappa shape index (κ1) is 16.6. The Bertz CT molecular complexity index is 1100. The number of nitrogens with zero attached hydrogens (tertiary/aromatic N) is 5. The summed E-state index contributed by atoms with van der Waals surface area (Å²) in [6, 6.07) is 4.44. The third-order valence-corrected chi connectivity index (χ3v) is 4.74. The van der Waals surface area contributed by atoms with Crippen molar-refractivity contribution in [2.45, 2.75) is 19.3 Å². The van der Waals surface area contributed by atoms with E-state index in [0.29, 0.717) is 21.9 Å². The van der Waals surface area contributed by atoms with Crippen LogP contribution in [0.25, 0.3) is 11.5 Å². The number of hydrogen-bond acceptors (Lipinski definition) is 6. The Kier molecular flexibility index (Phi) is 4.13. The van der Waals surface area contributed by atoms with E-state index in [2.05, 4.69) is 25.5 Å². The summed E-state index contributed by atoms with van der Waals surface area (Å²) in [5, 5.41) is 29.7. The first-order valence-corrected chi connectivity index (χ1v) is 8.55. The van der Waals surface area contributed by atoms with E-state index >= 15 is 0 Å². The van der Waals surface area contributed by atoms with Crippen molar-refractivity contribution in [1.82, 2.24) is 25.1 Å². The van der Waals surface area contributed by atoms with E-state index in [1.54, 1.807) is 6.07 Å². The molecule has 9 nitrogen and oxygen atoms in total. The maximum Gasteiger partial charge on any atom is 0.288 e. The van der Waals surface area contributed by atoms with Crippen LogP contribution in [0.4, 0.5) is 5.69 Å². The number of hydrogen-bond donors (Lipinski definition) is 2. The van der Waals surface area contributed by atoms with Gasteiger partial charge in [0.15, 0.2) is 0 Å². The molecular weight excluding hydrogens is 378 g/mol. The molecule has 26 heavy (non-hydrogen) atoms. The Morgan fingerprint density at radius 1 is 1.35 bits per heavy atom. The number of benzene rings is 1. The van der Waals surface area contributed by atoms with E-state index in [-0.39, 0.29) is 10.7 Å². The average Bonchev–Trinajstić information content (AvgIpc) is 3.30. The lowest BCUT2D eigenvalue weighted by atomic mass is 10.2. The fourth-order valence-electron chi connectivity index (χ4n) is 2.93. The Labute approximate surface area is 156 Å². The number of H-pyrrole nitrogens is 2. The third kappa shape index (κ3) is 2.82. The summed E-state index contributed by atoms with van der Waals surface area (Å²) in [6.07, 6.45) is 4.42. The number of nitro groups is 1. The van der Waals surface area contributed by atoms with Crippen molar-refractivity contribution < 1.29 is 4.92 Å². The highest BCUT2D eigenvalue weighted by molar-refractivity contribution is 7.71. The topological polar surface area (TPSA) is 118 Å². The zero-order valence-electron chi connectivity index (χ0n) is 13.3. The van der Waals surface area contributed by atoms with Gasteiger partial charge in [0.25, 0.3) is 5.69 Å². The van der Waals surface area contributed by atoms with Gasteiger partial charge in [-0.25, -0.2) is 5.10 Å². The number of nitro benzene ring substituents is 1. The van der Waals surface area contributed by atoms with E-state index in [4.69, 9.17) is 23.8 Å². The van der Waals surface area contributed by atoms with E-state index < -0.39 is 4.92 Å². The van der Waals surface area contributed by atoms with Crippen molar-refractivity contribution in [1.29, 1.82) is 0 Å². The van der Waals surface area contributed by atoms with Gasteiger partial charge in [-0.3, -0.25) is 15.2 Å². The maximum absolute atomic E-state index is 11.0. The molecule has 0 spiro atoms. The molecule has 2 N–H and O–H groups in total. The largest absolute Gasteiger partial charge is 0.288 e. The van der Waals surface area contributed by atoms with E-state index in [9.17, 15) is 10.1 Å². The molecule has 1 aromatic carbocycles. The summed E-state index contributed by atoms with van der Waals surface area (Å²) < 4.78 is 1.75. The zero-order valence-corrected chi connectivity index (χ0v) is 14.8. The highest BCUT2D eigenvalue weighted by Gasteiger charge is 2.23. The van der Waals surface area contributed by atoms with Crippen molar-refractivity contribution in [3.8, 4) is 11.5 Å². The van der Waals surface area contributed by atoms with Gasteiger partial charge in [0.1, 0.15) is 10.7 Å². The van der Waals surface area contributed by atoms with Crippen LogP contribution in [0.1, 0.15) is 23.2 Å². The van der Waals surface area contributed by atoms with Crippen molar-refractivity contribution in [3.05, 3.63) is 54.9 Å². The number of aromatic nitrogens is 5. The fraction of sp³-hybridized carbons (Fsp3) is 0.200. The molecule has 0 atom stereocenters. The quantitative estimate of drug-likeness (QED) is 0.307. The second-order valence-corrected chi connectivity index (χ2v) is 6.55. The SMILES string of the molecule is O=[N+]([O-])c1cc(C=Nn2c(-c3n[nH]c4c3CCC4)n[nH]c2=S)ccc1Cl. The molecule has 0 fully saturated rings. The van der Waals surface area contributed by atoms with Gasteiger partial charge >= 0.3 is 0 Å². The molecule has 0 bridgehead atoms. The van der Waals surface area contributed by atoms with E-state index in [1.807, 2.05) is 0 Å². The average molecular weight is 390 g/mol. The van der Waals surface area contributed by atoms with Crippen LogP contribution < -0.4 is 0 Å². The molecule has 2 heterocycles. The van der Waals surface area contributed by atoms with Crippen LogP contribution in [0.3, 0.4) is 0 Å². The summed E-state index contributed by atoms with van der Waals surface area (Å²) in [7, 11) is 0. The van der Waals surface area contributed by atoms with Gasteiger partial charge in [0.05, 0.1) is 11.1 Å². The van der Waals surface area contributed by atoms with Crippen molar-refractivity contribution in [2.75, 3.05) is 0 Å². The lowest BCUT2D eigenvalue weighted by molar-refractivity contribution is -0.384. The van der Waals surface area contributed by atoms with Gasteiger partial charge in [-0.05, 0) is 37.5 Å². The first-order valence-electron chi connectivity index (χ1n) is 7.77. The fourth-order valence-corrected chi connectivity index (χ4v) is 3.30. The second-order valence-electron chi connectivity index (χ2n) is 5.76. The minimum Gasteiger partial charge on any atom is -0.282 e. The molecule has 0 unspecified atom stereocenters. The van der Waals surface area contributed by atoms with Crippen LogP contribution in [0.5, 0.6) is 0 Å². The monoisotopic (exact) mass is 389 g/mol. The number of nitrogens with one attached hydrogen (secondary N) is 2. The number of aromatic amines is 2. The molecule has 2 aromatic heterocycles. The lowest BCUT2D eigenvalue weighted by Crippen LogP contribution is -1.98. The molecule has 0 amide bonds. The van der Waals surface area contributed by atoms with Gasteiger partial charge in [-0.2, -0.15) is 20.0 Å². The number of fused-ring (bicyclic) bond motifs is 1. The smallest absolute Gasteiger partial charge is 0.282 e. The first-order chi connectivity index (χ1) is 12.5. The van der Waals surface area contributed by atoms with Gasteiger partial charge in [-0.1, -0.05) is 17.7 Å². The number of aryl methyl sites for hydroxylation is 1. The third-order valence-electron chi connectivity index (χ3n) is 4.16. The molecule has 4 rings (SSSR count). The Morgan fingerprint density at radius 3 is 3.00 bits per heavy atom. The summed E-state index contributed by atoms with van der Waals surface area (Å²) >= 11 is 11.1. The van der Waals surface area contributed by atoms with Crippen LogP contribution in [-0.4, -0.2) is 36.2 Å². The molecule has 0 radical (unpaired) electrons. The van der Waals surface area contributed by atoms with Crippen LogP contribution in [-0.2, 0) is 12.8 Å². The van der Waals surface area contributed by atoms with Crippen molar-refractivity contribution >= 4 is 35.7 Å². The molecule has 1 aliphatic rings. The molecule has 132 valence electrons. The Balaban J connectivity index is 1.73. The van der Waals surface area contributed by atoms with E-state index in [1.165, 1.54) is 23.0 Å². The molecule has 11 heteroatoms. The standard InChI is InChI=1S/C15H12ClN7O2S/c16-10-5-4-8(6-12(10)23(24)25)7-17-22-14(20-21-15(22)26)13-9-2-1-3-11(9)18-19-13/h4-7H,1-3H2,(H,18,19)(H,21,26). The van der Waals surface area contributed by atoms with Gasteiger partial charge < -0.3 is 0 Å². The summed E-state index contributed by atoms with van der Waals surface area (Å²) in [4.78, 5) is 10.5. The van der Waals surface area contributed by atoms with Crippen LogP contribution >= 0.6 is 23.8 Å². The van der Waals surface area contributed by atoms with Gasteiger partial charge in [-0.15, -0.1) is 0 Å². The van der Waals surface area contributed by atoms with Gasteiger partial charge in [0, 0.05) is 22.9 Å². The molecule has 3 aromatic rings. The molecular formula is C15H12ClN7O2S. The van der Waals surface area contributed by atoms with Crippen molar-refractivity contribution in [3.63, 3.8) is 0 Å². The van der Waals surface area contributed by atoms with Crippen LogP contribution in [0, 0.1) is 14.9 Å². The minimum absolute atomic E-state index is 0.0693. The highest BCUT2D eigenvalue weighted by atomic mass is 35.5. The summed E-state index contributed by atoms with van der Waals surface area (Å²) in [5.41, 5.74) is 3.28. The predicted molar refractivity (Wildman–Crippen MR) is 98.1 cm³/mol. The molecule has 0 saturated heterocycles. The number of rotatable bonds is 4. The maximum atomic E-state index is 11.0. The molecule has 0 aliphatic heterocycles.